The highest BCUT2D eigenvalue weighted by Crippen LogP contribution is 2.21. The van der Waals surface area contributed by atoms with Crippen LogP contribution in [0.2, 0.25) is 0 Å². The zero-order valence-corrected chi connectivity index (χ0v) is 15.9. The third-order valence-corrected chi connectivity index (χ3v) is 4.40. The maximum Gasteiger partial charge on any atom is 0.255 e. The van der Waals surface area contributed by atoms with Gasteiger partial charge in [0.15, 0.2) is 0 Å². The number of nitrogens with one attached hydrogen (secondary N) is 2. The number of amides is 2. The van der Waals surface area contributed by atoms with Gasteiger partial charge in [-0.1, -0.05) is 42.5 Å². The summed E-state index contributed by atoms with van der Waals surface area (Å²) in [5.74, 6) is 0.166. The van der Waals surface area contributed by atoms with E-state index in [1.807, 2.05) is 36.4 Å². The van der Waals surface area contributed by atoms with E-state index in [0.717, 1.165) is 5.56 Å². The number of anilines is 1. The molecule has 0 aliphatic carbocycles. The minimum absolute atomic E-state index is 0.190. The van der Waals surface area contributed by atoms with Gasteiger partial charge in [-0.15, -0.1) is 0 Å². The van der Waals surface area contributed by atoms with E-state index in [2.05, 4.69) is 10.6 Å². The van der Waals surface area contributed by atoms with Gasteiger partial charge in [0.25, 0.3) is 11.8 Å². The summed E-state index contributed by atoms with van der Waals surface area (Å²) < 4.78 is 5.79. The first-order valence-electron chi connectivity index (χ1n) is 8.98. The summed E-state index contributed by atoms with van der Waals surface area (Å²) in [6, 6.07) is 22.1. The largest absolute Gasteiger partial charge is 0.489 e. The van der Waals surface area contributed by atoms with Crippen LogP contribution in [-0.2, 0) is 6.61 Å². The average molecular weight is 374 g/mol. The molecule has 2 N–H and O–H groups in total. The normalized spacial score (nSPS) is 10.2. The molecule has 0 aliphatic heterocycles. The van der Waals surface area contributed by atoms with Gasteiger partial charge in [0.05, 0.1) is 0 Å². The molecule has 2 amide bonds. The molecule has 5 nitrogen and oxygen atoms in total. The summed E-state index contributed by atoms with van der Waals surface area (Å²) in [6.45, 7) is 2.23. The van der Waals surface area contributed by atoms with E-state index < -0.39 is 0 Å². The summed E-state index contributed by atoms with van der Waals surface area (Å²) in [4.78, 5) is 24.6. The van der Waals surface area contributed by atoms with Crippen LogP contribution in [0.25, 0.3) is 0 Å². The lowest BCUT2D eigenvalue weighted by molar-refractivity contribution is 0.0960. The predicted octanol–water partition coefficient (Wildman–Crippen LogP) is 4.19. The molecule has 0 radical (unpaired) electrons. The Labute approximate surface area is 164 Å². The molecular formula is C23H22N2O3. The molecule has 0 aliphatic rings. The van der Waals surface area contributed by atoms with E-state index in [0.29, 0.717) is 34.7 Å². The van der Waals surface area contributed by atoms with Crippen LogP contribution in [0.5, 0.6) is 5.75 Å². The van der Waals surface area contributed by atoms with Crippen LogP contribution in [0.15, 0.2) is 72.8 Å². The van der Waals surface area contributed by atoms with Crippen LogP contribution in [0, 0.1) is 6.92 Å². The van der Waals surface area contributed by atoms with Gasteiger partial charge < -0.3 is 15.4 Å². The lowest BCUT2D eigenvalue weighted by Crippen LogP contribution is -2.20. The molecule has 0 fully saturated rings. The molecule has 3 rings (SSSR count). The fourth-order valence-electron chi connectivity index (χ4n) is 2.81. The van der Waals surface area contributed by atoms with Gasteiger partial charge in [0.2, 0.25) is 0 Å². The van der Waals surface area contributed by atoms with Crippen molar-refractivity contribution in [3.63, 3.8) is 0 Å². The molecule has 28 heavy (non-hydrogen) atoms. The third-order valence-electron chi connectivity index (χ3n) is 4.40. The number of carbonyl (C=O) groups excluding carboxylic acids is 2. The van der Waals surface area contributed by atoms with Crippen molar-refractivity contribution in [1.82, 2.24) is 5.32 Å². The van der Waals surface area contributed by atoms with Crippen LogP contribution in [0.3, 0.4) is 0 Å². The first-order chi connectivity index (χ1) is 13.6. The zero-order chi connectivity index (χ0) is 19.9. The number of ether oxygens (including phenoxy) is 1. The zero-order valence-electron chi connectivity index (χ0n) is 15.9. The van der Waals surface area contributed by atoms with E-state index in [1.165, 1.54) is 0 Å². The first-order valence-corrected chi connectivity index (χ1v) is 8.98. The lowest BCUT2D eigenvalue weighted by Gasteiger charge is -2.12. The molecule has 0 aromatic heterocycles. The number of hydrogen-bond acceptors (Lipinski definition) is 3. The highest BCUT2D eigenvalue weighted by atomic mass is 16.5. The predicted molar refractivity (Wildman–Crippen MR) is 110 cm³/mol. The highest BCUT2D eigenvalue weighted by Gasteiger charge is 2.13. The Morgan fingerprint density at radius 1 is 0.893 bits per heavy atom. The summed E-state index contributed by atoms with van der Waals surface area (Å²) in [5.41, 5.74) is 3.38. The number of rotatable bonds is 6. The SMILES string of the molecule is CNC(=O)c1cccc(NC(=O)c2cccc(OCc3ccccc3)c2)c1C. The maximum atomic E-state index is 12.7. The Morgan fingerprint density at radius 2 is 1.64 bits per heavy atom. The van der Waals surface area contributed by atoms with Gasteiger partial charge in [0, 0.05) is 23.9 Å². The van der Waals surface area contributed by atoms with Gasteiger partial charge in [0.1, 0.15) is 12.4 Å². The minimum atomic E-state index is -0.262. The van der Waals surface area contributed by atoms with Crippen molar-refractivity contribution in [1.29, 1.82) is 0 Å². The Balaban J connectivity index is 1.72. The second kappa shape index (κ2) is 8.86. The molecule has 0 unspecified atom stereocenters. The smallest absolute Gasteiger partial charge is 0.255 e. The summed E-state index contributed by atoms with van der Waals surface area (Å²) in [7, 11) is 1.58. The molecule has 3 aromatic carbocycles. The van der Waals surface area contributed by atoms with Gasteiger partial charge >= 0.3 is 0 Å². The van der Waals surface area contributed by atoms with Gasteiger partial charge in [-0.25, -0.2) is 0 Å². The van der Waals surface area contributed by atoms with Crippen molar-refractivity contribution in [2.75, 3.05) is 12.4 Å². The van der Waals surface area contributed by atoms with Crippen molar-refractivity contribution in [2.45, 2.75) is 13.5 Å². The van der Waals surface area contributed by atoms with E-state index in [4.69, 9.17) is 4.74 Å². The minimum Gasteiger partial charge on any atom is -0.489 e. The summed E-state index contributed by atoms with van der Waals surface area (Å²) >= 11 is 0. The second-order valence-electron chi connectivity index (χ2n) is 6.31. The van der Waals surface area contributed by atoms with Gasteiger partial charge in [-0.05, 0) is 48.4 Å². The van der Waals surface area contributed by atoms with Crippen LogP contribution < -0.4 is 15.4 Å². The van der Waals surface area contributed by atoms with Crippen molar-refractivity contribution in [2.24, 2.45) is 0 Å². The molecule has 0 saturated carbocycles. The van der Waals surface area contributed by atoms with E-state index >= 15 is 0 Å². The highest BCUT2D eigenvalue weighted by molar-refractivity contribution is 6.06. The standard InChI is InChI=1S/C23H22N2O3/c1-16-20(23(27)24-2)12-7-13-21(16)25-22(26)18-10-6-11-19(14-18)28-15-17-8-4-3-5-9-17/h3-14H,15H2,1-2H3,(H,24,27)(H,25,26). The summed E-state index contributed by atoms with van der Waals surface area (Å²) in [5, 5.41) is 5.47. The van der Waals surface area contributed by atoms with Crippen molar-refractivity contribution >= 4 is 17.5 Å². The average Bonchev–Trinajstić information content (AvgIpc) is 2.74. The van der Waals surface area contributed by atoms with E-state index in [9.17, 15) is 9.59 Å². The third kappa shape index (κ3) is 4.57. The van der Waals surface area contributed by atoms with Crippen LogP contribution in [-0.4, -0.2) is 18.9 Å². The quantitative estimate of drug-likeness (QED) is 0.680. The summed E-state index contributed by atoms with van der Waals surface area (Å²) in [6.07, 6.45) is 0. The lowest BCUT2D eigenvalue weighted by atomic mass is 10.1. The molecular weight excluding hydrogens is 352 g/mol. The van der Waals surface area contributed by atoms with Crippen molar-refractivity contribution < 1.29 is 14.3 Å². The van der Waals surface area contributed by atoms with E-state index in [-0.39, 0.29) is 11.8 Å². The fraction of sp³-hybridized carbons (Fsp3) is 0.130. The van der Waals surface area contributed by atoms with E-state index in [1.54, 1.807) is 50.4 Å². The Hall–Kier alpha value is -3.60. The van der Waals surface area contributed by atoms with Crippen molar-refractivity contribution in [3.8, 4) is 5.75 Å². The Bertz CT molecular complexity index is 984. The van der Waals surface area contributed by atoms with Crippen LogP contribution in [0.4, 0.5) is 5.69 Å². The first kappa shape index (κ1) is 19.2. The molecule has 0 saturated heterocycles. The Kier molecular flexibility index (Phi) is 6.07. The molecule has 142 valence electrons. The van der Waals surface area contributed by atoms with Gasteiger partial charge in [-0.3, -0.25) is 9.59 Å². The number of carbonyl (C=O) groups is 2. The van der Waals surface area contributed by atoms with Crippen LogP contribution in [0.1, 0.15) is 31.8 Å². The van der Waals surface area contributed by atoms with Crippen LogP contribution >= 0.6 is 0 Å². The molecule has 5 heteroatoms. The second-order valence-corrected chi connectivity index (χ2v) is 6.31. The monoisotopic (exact) mass is 374 g/mol. The molecule has 0 heterocycles. The molecule has 0 atom stereocenters. The number of hydrogen-bond donors (Lipinski definition) is 2. The molecule has 3 aromatic rings. The fourth-order valence-corrected chi connectivity index (χ4v) is 2.81. The van der Waals surface area contributed by atoms with Crippen molar-refractivity contribution in [3.05, 3.63) is 95.1 Å². The van der Waals surface area contributed by atoms with Gasteiger partial charge in [-0.2, -0.15) is 0 Å². The maximum absolute atomic E-state index is 12.7. The Morgan fingerprint density at radius 3 is 2.39 bits per heavy atom. The number of benzene rings is 3. The molecule has 0 bridgehead atoms. The topological polar surface area (TPSA) is 67.4 Å². The molecule has 0 spiro atoms.